The Hall–Kier alpha value is -7.72. The Morgan fingerprint density at radius 3 is 0.987 bits per heavy atom. The van der Waals surface area contributed by atoms with Crippen LogP contribution in [-0.4, -0.2) is 83.6 Å². The maximum atomic E-state index is 8.11. The van der Waals surface area contributed by atoms with Gasteiger partial charge in [-0.15, -0.1) is 0 Å². The predicted octanol–water partition coefficient (Wildman–Crippen LogP) is 15.7. The maximum absolute atomic E-state index is 8.11. The molecule has 6 aromatic carbocycles. The Morgan fingerprint density at radius 1 is 0.346 bits per heavy atom. The number of nitrogens with zero attached hydrogens (tertiary/aromatic N) is 10. The first kappa shape index (κ1) is 52.3. The summed E-state index contributed by atoms with van der Waals surface area (Å²) in [6, 6.07) is 50.4. The van der Waals surface area contributed by atoms with Crippen LogP contribution in [0.2, 0.25) is 0 Å². The maximum Gasteiger partial charge on any atom is 0.103 e. The number of rotatable bonds is 7. The molecule has 412 valence electrons. The standard InChI is InChI=1S/C16H18N2.2C14H20N2.2C12H16N2/c1-12-8-4-5-9-14(12)18-13(2)17(3)15-10-6-7-11-16(15)18;2*1-11(2)15-9-10-16(13(15)4)14-8-6-5-7-12(14)3;2*1-10-6-4-5-7-12(10)14-9-8-13(3)11(14)2/h4-11,13H,1-3H3;2*5-11,13H,1-4H3;2*4-9,11H,1-3H3/t3*13-;2*11-/m00000/s1/i;11D;;3D3;. The molecule has 78 heavy (non-hydrogen) atoms. The van der Waals surface area contributed by atoms with Crippen LogP contribution in [0.5, 0.6) is 0 Å². The van der Waals surface area contributed by atoms with E-state index < -0.39 is 13.0 Å². The van der Waals surface area contributed by atoms with Gasteiger partial charge in [0.05, 0.1) is 12.7 Å². The van der Waals surface area contributed by atoms with Crippen LogP contribution >= 0.6 is 0 Å². The van der Waals surface area contributed by atoms with Crippen LogP contribution in [0, 0.1) is 34.6 Å². The van der Waals surface area contributed by atoms with Crippen molar-refractivity contribution in [3.8, 4) is 0 Å². The first-order valence-corrected chi connectivity index (χ1v) is 27.7. The van der Waals surface area contributed by atoms with Crippen LogP contribution in [0.3, 0.4) is 0 Å². The predicted molar refractivity (Wildman–Crippen MR) is 336 cm³/mol. The number of anilines is 7. The van der Waals surface area contributed by atoms with Gasteiger partial charge in [0.25, 0.3) is 0 Å². The molecule has 11 rings (SSSR count). The zero-order chi connectivity index (χ0) is 59.8. The summed E-state index contributed by atoms with van der Waals surface area (Å²) in [4.78, 5) is 21.5. The Kier molecular flexibility index (Phi) is 17.5. The van der Waals surface area contributed by atoms with Gasteiger partial charge in [0.2, 0.25) is 0 Å². The number of hydrogen-bond acceptors (Lipinski definition) is 10. The summed E-state index contributed by atoms with van der Waals surface area (Å²) in [6.07, 6.45) is 17.3. The fourth-order valence-electron chi connectivity index (χ4n) is 10.6. The van der Waals surface area contributed by atoms with E-state index >= 15 is 0 Å². The summed E-state index contributed by atoms with van der Waals surface area (Å²) in [5.74, 6) is 0. The lowest BCUT2D eigenvalue weighted by atomic mass is 10.1. The third-order valence-corrected chi connectivity index (χ3v) is 15.6. The third-order valence-electron chi connectivity index (χ3n) is 15.6. The van der Waals surface area contributed by atoms with Gasteiger partial charge in [-0.25, -0.2) is 0 Å². The van der Waals surface area contributed by atoms with Gasteiger partial charge < -0.3 is 49.0 Å². The molecule has 10 heteroatoms. The summed E-state index contributed by atoms with van der Waals surface area (Å²) < 4.78 is 30.5. The van der Waals surface area contributed by atoms with Crippen LogP contribution in [0.15, 0.2) is 195 Å². The quantitative estimate of drug-likeness (QED) is 0.154. The van der Waals surface area contributed by atoms with E-state index in [-0.39, 0.29) is 12.3 Å². The van der Waals surface area contributed by atoms with Gasteiger partial charge in [0, 0.05) is 115 Å². The van der Waals surface area contributed by atoms with Crippen molar-refractivity contribution in [2.24, 2.45) is 0 Å². The lowest BCUT2D eigenvalue weighted by Gasteiger charge is -2.33. The second-order valence-corrected chi connectivity index (χ2v) is 21.4. The van der Waals surface area contributed by atoms with Crippen LogP contribution in [0.1, 0.15) is 95.6 Å². The smallest absolute Gasteiger partial charge is 0.103 e. The van der Waals surface area contributed by atoms with Crippen molar-refractivity contribution in [3.63, 3.8) is 0 Å². The lowest BCUT2D eigenvalue weighted by molar-refractivity contribution is 0.263. The van der Waals surface area contributed by atoms with Crippen molar-refractivity contribution >= 4 is 39.8 Å². The van der Waals surface area contributed by atoms with Crippen molar-refractivity contribution in [1.82, 2.24) is 19.6 Å². The van der Waals surface area contributed by atoms with Crippen LogP contribution in [0.4, 0.5) is 39.8 Å². The van der Waals surface area contributed by atoms with Gasteiger partial charge in [-0.1, -0.05) is 103 Å². The highest BCUT2D eigenvalue weighted by molar-refractivity contribution is 5.84. The molecule has 5 heterocycles. The van der Waals surface area contributed by atoms with E-state index in [0.29, 0.717) is 24.5 Å². The molecule has 5 aliphatic rings. The molecule has 6 aromatic rings. The minimum Gasteiger partial charge on any atom is -0.359 e. The van der Waals surface area contributed by atoms with Gasteiger partial charge in [0.1, 0.15) is 30.8 Å². The average molecular weight is 1050 g/mol. The van der Waals surface area contributed by atoms with E-state index in [1.54, 1.807) is 6.20 Å². The Labute approximate surface area is 476 Å². The van der Waals surface area contributed by atoms with Gasteiger partial charge in [-0.2, -0.15) is 0 Å². The number of fused-ring (bicyclic) bond motifs is 1. The minimum absolute atomic E-state index is 0.184. The fourth-order valence-corrected chi connectivity index (χ4v) is 10.6. The summed E-state index contributed by atoms with van der Waals surface area (Å²) in [5.41, 5.74) is 15.1. The molecule has 0 saturated carbocycles. The zero-order valence-corrected chi connectivity index (χ0v) is 49.4. The molecule has 0 saturated heterocycles. The van der Waals surface area contributed by atoms with Crippen molar-refractivity contribution in [2.45, 2.75) is 140 Å². The molecule has 5 aliphatic heterocycles. The van der Waals surface area contributed by atoms with Gasteiger partial charge in [-0.05, 0) is 167 Å². The van der Waals surface area contributed by atoms with E-state index in [4.69, 9.17) is 5.48 Å². The normalized spacial score (nSPS) is 20.8. The number of hydrogen-bond donors (Lipinski definition) is 0. The van der Waals surface area contributed by atoms with Crippen LogP contribution in [0.25, 0.3) is 0 Å². The highest BCUT2D eigenvalue weighted by Gasteiger charge is 2.32. The molecule has 10 nitrogen and oxygen atoms in total. The molecule has 0 radical (unpaired) electrons. The molecule has 0 N–H and O–H groups in total. The van der Waals surface area contributed by atoms with Crippen LogP contribution < -0.4 is 29.4 Å². The largest absolute Gasteiger partial charge is 0.359 e. The second kappa shape index (κ2) is 26.1. The van der Waals surface area contributed by atoms with E-state index in [1.807, 2.05) is 69.3 Å². The molecule has 5 atom stereocenters. The van der Waals surface area contributed by atoms with Crippen molar-refractivity contribution in [3.05, 3.63) is 223 Å². The van der Waals surface area contributed by atoms with Gasteiger partial charge in [-0.3, -0.25) is 0 Å². The molecule has 0 aliphatic carbocycles. The first-order chi connectivity index (χ1) is 38.8. The molecule has 0 fully saturated rings. The van der Waals surface area contributed by atoms with E-state index in [9.17, 15) is 0 Å². The fraction of sp³-hybridized carbons (Fsp3) is 0.353. The average Bonchev–Trinajstić information content (AvgIpc) is 4.43. The Morgan fingerprint density at radius 2 is 0.654 bits per heavy atom. The molecule has 0 aromatic heterocycles. The van der Waals surface area contributed by atoms with Gasteiger partial charge >= 0.3 is 0 Å². The molecule has 0 spiro atoms. The molecule has 0 bridgehead atoms. The van der Waals surface area contributed by atoms with Gasteiger partial charge in [0.15, 0.2) is 0 Å². The number of benzene rings is 6. The number of aryl methyl sites for hydroxylation is 5. The molecular formula is C68H90N10. The zero-order valence-electron chi connectivity index (χ0n) is 53.4. The molecule has 0 amide bonds. The summed E-state index contributed by atoms with van der Waals surface area (Å²) in [5, 5.41) is 0. The van der Waals surface area contributed by atoms with Crippen molar-refractivity contribution in [1.29, 1.82) is 0 Å². The summed E-state index contributed by atoms with van der Waals surface area (Å²) in [7, 11) is 4.25. The highest BCUT2D eigenvalue weighted by atomic mass is 15.4. The van der Waals surface area contributed by atoms with Crippen molar-refractivity contribution < 1.29 is 5.48 Å². The summed E-state index contributed by atoms with van der Waals surface area (Å²) >= 11 is 0. The third kappa shape index (κ3) is 13.0. The Bertz CT molecular complexity index is 3100. The first-order valence-electron chi connectivity index (χ1n) is 29.7. The Balaban J connectivity index is 0.000000148. The summed E-state index contributed by atoms with van der Waals surface area (Å²) in [6.45, 7) is 27.5. The topological polar surface area (TPSA) is 32.4 Å². The molecule has 0 unspecified atom stereocenters. The number of para-hydroxylation sites is 7. The van der Waals surface area contributed by atoms with Crippen LogP contribution in [-0.2, 0) is 0 Å². The lowest BCUT2D eigenvalue weighted by Crippen LogP contribution is -2.39. The van der Waals surface area contributed by atoms with Crippen molar-refractivity contribution in [2.75, 3.05) is 50.5 Å². The molecular weight excluding hydrogens is 957 g/mol. The van der Waals surface area contributed by atoms with E-state index in [0.717, 1.165) is 11.3 Å². The monoisotopic (exact) mass is 1050 g/mol. The minimum atomic E-state index is -2.09. The highest BCUT2D eigenvalue weighted by Crippen LogP contribution is 2.44. The van der Waals surface area contributed by atoms with E-state index in [1.165, 1.54) is 61.3 Å². The second-order valence-electron chi connectivity index (χ2n) is 21.4. The van der Waals surface area contributed by atoms with E-state index in [2.05, 4.69) is 275 Å². The SMILES string of the molecule is Cc1ccccc1N1C=CN(C(C)C)[C@@H]1C.Cc1ccccc1N1C=CN(C)[C@@H]1C.Cc1ccccc1N1c2ccccc2N(C)[C@@H]1C.[2H]C(C)(C)N1C=CN(c2ccccc2C)[C@H]1C.[2H]C([2H])([2H])N1C=CN(c2ccccc2C)[C@H]1C.